The van der Waals surface area contributed by atoms with Gasteiger partial charge in [-0.25, -0.2) is 0 Å². The van der Waals surface area contributed by atoms with Gasteiger partial charge in [0.05, 0.1) is 0 Å². The Kier molecular flexibility index (Phi) is 4.73. The highest BCUT2D eigenvalue weighted by Crippen LogP contribution is 2.07. The Morgan fingerprint density at radius 1 is 1.47 bits per heavy atom. The molecule has 0 N–H and O–H groups in total. The molecule has 1 rings (SSSR count). The van der Waals surface area contributed by atoms with Gasteiger partial charge in [0.25, 0.3) is 0 Å². The van der Waals surface area contributed by atoms with Crippen LogP contribution in [0.5, 0.6) is 0 Å². The van der Waals surface area contributed by atoms with Crippen LogP contribution in [-0.2, 0) is 4.79 Å². The number of hydrogen-bond acceptors (Lipinski definition) is 2. The molecule has 0 aromatic heterocycles. The van der Waals surface area contributed by atoms with Crippen molar-refractivity contribution < 1.29 is 4.79 Å². The average Bonchev–Trinajstić information content (AvgIpc) is 2.25. The fraction of sp³-hybridized carbons (Fsp3) is 0.154. The van der Waals surface area contributed by atoms with Crippen LogP contribution in [0.4, 0.5) is 0 Å². The summed E-state index contributed by atoms with van der Waals surface area (Å²) in [6.07, 6.45) is 9.20. The van der Waals surface area contributed by atoms with Crippen molar-refractivity contribution in [2.24, 2.45) is 0 Å². The summed E-state index contributed by atoms with van der Waals surface area (Å²) in [7, 11) is 0. The number of carbonyl (C=O) groups excluding carboxylic acids is 1. The van der Waals surface area contributed by atoms with Crippen molar-refractivity contribution in [2.75, 3.05) is 5.75 Å². The molecule has 0 fully saturated rings. The number of rotatable bonds is 3. The molecule has 0 spiro atoms. The van der Waals surface area contributed by atoms with Gasteiger partial charge < -0.3 is 0 Å². The summed E-state index contributed by atoms with van der Waals surface area (Å²) < 4.78 is 0. The Morgan fingerprint density at radius 3 is 2.67 bits per heavy atom. The minimum absolute atomic E-state index is 0.141. The molecule has 1 aromatic rings. The summed E-state index contributed by atoms with van der Waals surface area (Å²) in [4.78, 5) is 10.6. The monoisotopic (exact) mass is 216 g/mol. The molecule has 15 heavy (non-hydrogen) atoms. The number of thioether (sulfide) groups is 1. The third-order valence-corrected chi connectivity index (χ3v) is 2.54. The zero-order chi connectivity index (χ0) is 11.1. The van der Waals surface area contributed by atoms with Crippen LogP contribution in [0.2, 0.25) is 0 Å². The molecule has 0 amide bonds. The molecule has 2 heteroatoms. The van der Waals surface area contributed by atoms with Gasteiger partial charge in [0.1, 0.15) is 0 Å². The smallest absolute Gasteiger partial charge is 0.186 e. The van der Waals surface area contributed by atoms with Crippen LogP contribution in [0.25, 0.3) is 6.08 Å². The molecule has 0 saturated carbocycles. The molecule has 1 nitrogen and oxygen atoms in total. The van der Waals surface area contributed by atoms with E-state index in [1.54, 1.807) is 6.92 Å². The minimum atomic E-state index is 0.141. The number of hydrogen-bond donors (Lipinski definition) is 0. The van der Waals surface area contributed by atoms with Gasteiger partial charge in [0.15, 0.2) is 5.12 Å². The molecule has 0 aliphatic heterocycles. The molecule has 1 aromatic carbocycles. The fourth-order valence-corrected chi connectivity index (χ4v) is 1.47. The predicted octanol–water partition coefficient (Wildman–Crippen LogP) is 2.96. The summed E-state index contributed by atoms with van der Waals surface area (Å²) in [5, 5.41) is 0.141. The van der Waals surface area contributed by atoms with Crippen LogP contribution < -0.4 is 0 Å². The third-order valence-electron chi connectivity index (χ3n) is 1.77. The van der Waals surface area contributed by atoms with Crippen LogP contribution in [0.1, 0.15) is 18.1 Å². The Hall–Kier alpha value is -1.46. The van der Waals surface area contributed by atoms with Crippen molar-refractivity contribution in [3.63, 3.8) is 0 Å². The predicted molar refractivity (Wildman–Crippen MR) is 66.6 cm³/mol. The minimum Gasteiger partial charge on any atom is -0.288 e. The Morgan fingerprint density at radius 2 is 2.13 bits per heavy atom. The standard InChI is InChI=1S/C13H12OS/c1-3-12-6-8-13(9-7-12)5-4-10-15-11(2)14/h1,4-9H,10H2,2H3. The van der Waals surface area contributed by atoms with Gasteiger partial charge >= 0.3 is 0 Å². The zero-order valence-corrected chi connectivity index (χ0v) is 9.38. The maximum atomic E-state index is 10.6. The van der Waals surface area contributed by atoms with E-state index < -0.39 is 0 Å². The van der Waals surface area contributed by atoms with Crippen LogP contribution >= 0.6 is 11.8 Å². The average molecular weight is 216 g/mol. The topological polar surface area (TPSA) is 17.1 Å². The second-order valence-corrected chi connectivity index (χ2v) is 4.17. The van der Waals surface area contributed by atoms with Crippen molar-refractivity contribution in [2.45, 2.75) is 6.92 Å². The van der Waals surface area contributed by atoms with Gasteiger partial charge in [-0.3, -0.25) is 4.79 Å². The highest BCUT2D eigenvalue weighted by molar-refractivity contribution is 8.13. The number of carbonyl (C=O) groups is 1. The maximum absolute atomic E-state index is 10.6. The van der Waals surface area contributed by atoms with E-state index in [4.69, 9.17) is 6.42 Å². The van der Waals surface area contributed by atoms with Gasteiger partial charge in [0, 0.05) is 18.2 Å². The summed E-state index contributed by atoms with van der Waals surface area (Å²) in [5.41, 5.74) is 1.98. The van der Waals surface area contributed by atoms with Crippen molar-refractivity contribution >= 4 is 23.0 Å². The molecule has 0 heterocycles. The Labute approximate surface area is 94.6 Å². The summed E-state index contributed by atoms with van der Waals surface area (Å²) >= 11 is 1.30. The summed E-state index contributed by atoms with van der Waals surface area (Å²) in [6.45, 7) is 1.57. The first-order valence-corrected chi connectivity index (χ1v) is 5.57. The first kappa shape index (κ1) is 11.6. The molecular formula is C13H12OS. The summed E-state index contributed by atoms with van der Waals surface area (Å²) in [6, 6.07) is 7.73. The van der Waals surface area contributed by atoms with E-state index in [0.717, 1.165) is 11.1 Å². The Bertz CT molecular complexity index is 396. The van der Waals surface area contributed by atoms with E-state index in [0.29, 0.717) is 5.75 Å². The van der Waals surface area contributed by atoms with Crippen molar-refractivity contribution in [3.05, 3.63) is 41.5 Å². The molecule has 0 aliphatic rings. The number of benzene rings is 1. The van der Waals surface area contributed by atoms with E-state index in [-0.39, 0.29) is 5.12 Å². The SMILES string of the molecule is C#Cc1ccc(C=CCSC(C)=O)cc1. The molecule has 0 aliphatic carbocycles. The van der Waals surface area contributed by atoms with Gasteiger partial charge in [-0.2, -0.15) is 0 Å². The summed E-state index contributed by atoms with van der Waals surface area (Å²) in [5.74, 6) is 3.28. The first-order valence-electron chi connectivity index (χ1n) is 4.59. The number of terminal acetylenes is 1. The van der Waals surface area contributed by atoms with Crippen molar-refractivity contribution in [1.29, 1.82) is 0 Å². The lowest BCUT2D eigenvalue weighted by Crippen LogP contribution is -1.81. The van der Waals surface area contributed by atoms with Gasteiger partial charge in [-0.05, 0) is 17.7 Å². The second kappa shape index (κ2) is 6.10. The highest BCUT2D eigenvalue weighted by atomic mass is 32.2. The van der Waals surface area contributed by atoms with E-state index in [9.17, 15) is 4.79 Å². The molecule has 0 unspecified atom stereocenters. The van der Waals surface area contributed by atoms with Gasteiger partial charge in [-0.15, -0.1) is 6.42 Å². The quantitative estimate of drug-likeness (QED) is 0.723. The maximum Gasteiger partial charge on any atom is 0.186 e. The van der Waals surface area contributed by atoms with E-state index in [2.05, 4.69) is 5.92 Å². The Balaban J connectivity index is 2.50. The van der Waals surface area contributed by atoms with E-state index in [1.807, 2.05) is 36.4 Å². The van der Waals surface area contributed by atoms with E-state index >= 15 is 0 Å². The van der Waals surface area contributed by atoms with Crippen LogP contribution in [0.3, 0.4) is 0 Å². The van der Waals surface area contributed by atoms with Crippen molar-refractivity contribution in [1.82, 2.24) is 0 Å². The van der Waals surface area contributed by atoms with Gasteiger partial charge in [-0.1, -0.05) is 42.0 Å². The van der Waals surface area contributed by atoms with Crippen molar-refractivity contribution in [3.8, 4) is 12.3 Å². The van der Waals surface area contributed by atoms with Crippen LogP contribution in [-0.4, -0.2) is 10.9 Å². The lowest BCUT2D eigenvalue weighted by atomic mass is 10.1. The molecule has 76 valence electrons. The lowest BCUT2D eigenvalue weighted by molar-refractivity contribution is -0.109. The fourth-order valence-electron chi connectivity index (χ4n) is 1.04. The second-order valence-electron chi connectivity index (χ2n) is 2.97. The molecular weight excluding hydrogens is 204 g/mol. The van der Waals surface area contributed by atoms with Crippen LogP contribution in [0.15, 0.2) is 30.3 Å². The lowest BCUT2D eigenvalue weighted by Gasteiger charge is -1.94. The molecule has 0 atom stereocenters. The first-order chi connectivity index (χ1) is 7.22. The van der Waals surface area contributed by atoms with Gasteiger partial charge in [0.2, 0.25) is 0 Å². The molecule has 0 saturated heterocycles. The van der Waals surface area contributed by atoms with Crippen LogP contribution in [0, 0.1) is 12.3 Å². The van der Waals surface area contributed by atoms with E-state index in [1.165, 1.54) is 11.8 Å². The molecule has 0 radical (unpaired) electrons. The normalized spacial score (nSPS) is 10.1. The zero-order valence-electron chi connectivity index (χ0n) is 8.57. The largest absolute Gasteiger partial charge is 0.288 e. The third kappa shape index (κ3) is 4.53. The highest BCUT2D eigenvalue weighted by Gasteiger charge is 1.90. The molecule has 0 bridgehead atoms.